The Morgan fingerprint density at radius 3 is 2.69 bits per heavy atom. The van der Waals surface area contributed by atoms with Gasteiger partial charge in [0.1, 0.15) is 19.0 Å². The van der Waals surface area contributed by atoms with Crippen molar-refractivity contribution in [1.82, 2.24) is 9.62 Å². The van der Waals surface area contributed by atoms with Crippen molar-refractivity contribution in [2.24, 2.45) is 0 Å². The molecule has 26 heavy (non-hydrogen) atoms. The maximum atomic E-state index is 13.6. The summed E-state index contributed by atoms with van der Waals surface area (Å²) in [6.07, 6.45) is 0. The Bertz CT molecular complexity index is 919. The van der Waals surface area contributed by atoms with Crippen molar-refractivity contribution in [3.05, 3.63) is 53.8 Å². The van der Waals surface area contributed by atoms with E-state index in [2.05, 4.69) is 5.32 Å². The fraction of sp³-hybridized carbons (Fsp3) is 0.333. The summed E-state index contributed by atoms with van der Waals surface area (Å²) in [6, 6.07) is 10.2. The zero-order valence-corrected chi connectivity index (χ0v) is 14.8. The molecule has 2 heterocycles. The third-order valence-electron chi connectivity index (χ3n) is 4.55. The summed E-state index contributed by atoms with van der Waals surface area (Å²) in [5.41, 5.74) is 0.623. The van der Waals surface area contributed by atoms with E-state index < -0.39 is 16.1 Å². The zero-order valence-electron chi connectivity index (χ0n) is 14.0. The number of halogens is 1. The normalized spacial score (nSPS) is 20.7. The number of sulfonamides is 1. The largest absolute Gasteiger partial charge is 0.486 e. The lowest BCUT2D eigenvalue weighted by molar-refractivity contribution is 0.171. The number of nitrogens with one attached hydrogen (secondary N) is 1. The minimum absolute atomic E-state index is 0.144. The molecule has 0 amide bonds. The van der Waals surface area contributed by atoms with Crippen molar-refractivity contribution in [3.63, 3.8) is 0 Å². The highest BCUT2D eigenvalue weighted by molar-refractivity contribution is 7.89. The average Bonchev–Trinajstić information content (AvgIpc) is 2.67. The maximum absolute atomic E-state index is 13.6. The van der Waals surface area contributed by atoms with Crippen LogP contribution in [0.3, 0.4) is 0 Å². The average molecular weight is 378 g/mol. The molecule has 138 valence electrons. The van der Waals surface area contributed by atoms with Gasteiger partial charge in [-0.15, -0.1) is 0 Å². The molecule has 0 aromatic heterocycles. The van der Waals surface area contributed by atoms with Crippen molar-refractivity contribution in [2.45, 2.75) is 10.9 Å². The van der Waals surface area contributed by atoms with E-state index in [-0.39, 0.29) is 10.7 Å². The molecule has 1 unspecified atom stereocenters. The van der Waals surface area contributed by atoms with E-state index in [1.165, 1.54) is 28.6 Å². The van der Waals surface area contributed by atoms with Gasteiger partial charge in [-0.2, -0.15) is 4.31 Å². The summed E-state index contributed by atoms with van der Waals surface area (Å²) < 4.78 is 52.5. The first-order valence-corrected chi connectivity index (χ1v) is 9.87. The molecule has 2 aromatic rings. The Labute approximate surface area is 151 Å². The molecule has 2 aromatic carbocycles. The molecule has 2 aliphatic heterocycles. The van der Waals surface area contributed by atoms with Crippen LogP contribution >= 0.6 is 0 Å². The second-order valence-corrected chi connectivity index (χ2v) is 8.09. The molecule has 0 saturated carbocycles. The summed E-state index contributed by atoms with van der Waals surface area (Å²) in [6.45, 7) is 2.09. The van der Waals surface area contributed by atoms with Gasteiger partial charge in [0.15, 0.2) is 11.5 Å². The predicted octanol–water partition coefficient (Wildman–Crippen LogP) is 1.93. The number of benzene rings is 2. The lowest BCUT2D eigenvalue weighted by Crippen LogP contribution is -2.48. The monoisotopic (exact) mass is 378 g/mol. The van der Waals surface area contributed by atoms with Crippen LogP contribution in [0.15, 0.2) is 47.4 Å². The number of hydrogen-bond donors (Lipinski definition) is 1. The van der Waals surface area contributed by atoms with Gasteiger partial charge in [0.25, 0.3) is 0 Å². The zero-order chi connectivity index (χ0) is 18.1. The Hall–Kier alpha value is -2.16. The molecule has 0 radical (unpaired) electrons. The molecule has 8 heteroatoms. The van der Waals surface area contributed by atoms with Crippen LogP contribution in [0.4, 0.5) is 4.39 Å². The van der Waals surface area contributed by atoms with E-state index in [1.807, 2.05) is 0 Å². The van der Waals surface area contributed by atoms with Crippen molar-refractivity contribution < 1.29 is 22.3 Å². The SMILES string of the molecule is O=S(=O)(c1ccc2c(c1)OCCO2)N1CCNCC1c1cccc(F)c1. The van der Waals surface area contributed by atoms with Crippen LogP contribution in [-0.4, -0.2) is 45.6 Å². The topological polar surface area (TPSA) is 67.9 Å². The summed E-state index contributed by atoms with van der Waals surface area (Å²) in [4.78, 5) is 0.144. The van der Waals surface area contributed by atoms with Crippen molar-refractivity contribution in [2.75, 3.05) is 32.8 Å². The number of fused-ring (bicyclic) bond motifs is 1. The maximum Gasteiger partial charge on any atom is 0.243 e. The van der Waals surface area contributed by atoms with Gasteiger partial charge in [0.2, 0.25) is 10.0 Å². The fourth-order valence-electron chi connectivity index (χ4n) is 3.29. The molecule has 1 fully saturated rings. The van der Waals surface area contributed by atoms with Gasteiger partial charge in [0, 0.05) is 25.7 Å². The lowest BCUT2D eigenvalue weighted by Gasteiger charge is -2.35. The third kappa shape index (κ3) is 3.15. The predicted molar refractivity (Wildman–Crippen MR) is 93.3 cm³/mol. The first-order chi connectivity index (χ1) is 12.6. The molecular formula is C18H19FN2O4S. The first kappa shape index (κ1) is 17.3. The molecule has 0 aliphatic carbocycles. The van der Waals surface area contributed by atoms with Gasteiger partial charge in [-0.1, -0.05) is 12.1 Å². The number of rotatable bonds is 3. The highest BCUT2D eigenvalue weighted by atomic mass is 32.2. The molecule has 1 atom stereocenters. The van der Waals surface area contributed by atoms with E-state index in [0.29, 0.717) is 49.9 Å². The smallest absolute Gasteiger partial charge is 0.243 e. The van der Waals surface area contributed by atoms with Crippen LogP contribution in [0.2, 0.25) is 0 Å². The van der Waals surface area contributed by atoms with Crippen LogP contribution < -0.4 is 14.8 Å². The van der Waals surface area contributed by atoms with Crippen molar-refractivity contribution >= 4 is 10.0 Å². The third-order valence-corrected chi connectivity index (χ3v) is 6.45. The van der Waals surface area contributed by atoms with Gasteiger partial charge in [-0.05, 0) is 29.8 Å². The van der Waals surface area contributed by atoms with Crippen LogP contribution in [0, 0.1) is 5.82 Å². The van der Waals surface area contributed by atoms with E-state index in [9.17, 15) is 12.8 Å². The van der Waals surface area contributed by atoms with Crippen LogP contribution in [0.25, 0.3) is 0 Å². The van der Waals surface area contributed by atoms with Crippen molar-refractivity contribution in [3.8, 4) is 11.5 Å². The number of hydrogen-bond acceptors (Lipinski definition) is 5. The summed E-state index contributed by atoms with van der Waals surface area (Å²) in [7, 11) is -3.77. The molecule has 6 nitrogen and oxygen atoms in total. The van der Waals surface area contributed by atoms with Gasteiger partial charge in [-0.3, -0.25) is 0 Å². The van der Waals surface area contributed by atoms with Crippen molar-refractivity contribution in [1.29, 1.82) is 0 Å². The highest BCUT2D eigenvalue weighted by Crippen LogP contribution is 2.35. The second kappa shape index (κ2) is 6.86. The van der Waals surface area contributed by atoms with Crippen LogP contribution in [-0.2, 0) is 10.0 Å². The summed E-state index contributed by atoms with van der Waals surface area (Å²) in [5, 5.41) is 3.18. The molecule has 4 rings (SSSR count). The van der Waals surface area contributed by atoms with E-state index in [1.54, 1.807) is 18.2 Å². The second-order valence-electron chi connectivity index (χ2n) is 6.20. The highest BCUT2D eigenvalue weighted by Gasteiger charge is 2.35. The Balaban J connectivity index is 1.71. The Morgan fingerprint density at radius 2 is 1.88 bits per heavy atom. The van der Waals surface area contributed by atoms with Gasteiger partial charge in [-0.25, -0.2) is 12.8 Å². The summed E-state index contributed by atoms with van der Waals surface area (Å²) >= 11 is 0. The molecule has 2 aliphatic rings. The molecule has 1 saturated heterocycles. The number of nitrogens with zero attached hydrogens (tertiary/aromatic N) is 1. The van der Waals surface area contributed by atoms with Crippen LogP contribution in [0.5, 0.6) is 11.5 Å². The van der Waals surface area contributed by atoms with Crippen LogP contribution in [0.1, 0.15) is 11.6 Å². The minimum atomic E-state index is -3.77. The summed E-state index contributed by atoms with van der Waals surface area (Å²) in [5.74, 6) is 0.580. The first-order valence-electron chi connectivity index (χ1n) is 8.43. The number of ether oxygens (including phenoxy) is 2. The molecule has 0 bridgehead atoms. The standard InChI is InChI=1S/C18H19FN2O4S/c19-14-3-1-2-13(10-14)16-12-20-6-7-21(16)26(22,23)15-4-5-17-18(11-15)25-9-8-24-17/h1-5,10-11,16,20H,6-9,12H2. The van der Waals surface area contributed by atoms with Gasteiger partial charge < -0.3 is 14.8 Å². The fourth-order valence-corrected chi connectivity index (χ4v) is 4.92. The number of piperazine rings is 1. The lowest BCUT2D eigenvalue weighted by atomic mass is 10.1. The minimum Gasteiger partial charge on any atom is -0.486 e. The Kier molecular flexibility index (Phi) is 4.56. The van der Waals surface area contributed by atoms with E-state index in [4.69, 9.17) is 9.47 Å². The quantitative estimate of drug-likeness (QED) is 0.884. The molecule has 0 spiro atoms. The van der Waals surface area contributed by atoms with E-state index in [0.717, 1.165) is 0 Å². The van der Waals surface area contributed by atoms with Gasteiger partial charge >= 0.3 is 0 Å². The van der Waals surface area contributed by atoms with E-state index >= 15 is 0 Å². The van der Waals surface area contributed by atoms with Gasteiger partial charge in [0.05, 0.1) is 10.9 Å². The molecule has 1 N–H and O–H groups in total. The Morgan fingerprint density at radius 1 is 1.08 bits per heavy atom. The molecular weight excluding hydrogens is 359 g/mol.